The lowest BCUT2D eigenvalue weighted by atomic mass is 9.68. The van der Waals surface area contributed by atoms with E-state index in [0.717, 1.165) is 29.5 Å². The van der Waals surface area contributed by atoms with Crippen LogP contribution in [0.1, 0.15) is 98.8 Å². The molecule has 0 aliphatic rings. The van der Waals surface area contributed by atoms with Crippen LogP contribution < -0.4 is 9.05 Å². The van der Waals surface area contributed by atoms with Gasteiger partial charge in [0.25, 0.3) is 0 Å². The van der Waals surface area contributed by atoms with Crippen LogP contribution in [0.2, 0.25) is 0 Å². The molecule has 0 unspecified atom stereocenters. The van der Waals surface area contributed by atoms with Crippen molar-refractivity contribution in [2.24, 2.45) is 10.8 Å². The Hall–Kier alpha value is -2.71. The molecule has 0 aliphatic heterocycles. The van der Waals surface area contributed by atoms with Crippen LogP contribution in [0.25, 0.3) is 0 Å². The topological polar surface area (TPSA) is 55.8 Å². The van der Waals surface area contributed by atoms with Gasteiger partial charge in [0.05, 0.1) is 6.16 Å². The zero-order valence-corrected chi connectivity index (χ0v) is 27.1. The highest BCUT2D eigenvalue weighted by molar-refractivity contribution is 7.53. The lowest BCUT2D eigenvalue weighted by Crippen LogP contribution is -2.28. The highest BCUT2D eigenvalue weighted by Gasteiger charge is 2.37. The number of para-hydroxylation sites is 2. The van der Waals surface area contributed by atoms with Crippen molar-refractivity contribution in [3.8, 4) is 17.2 Å². The summed E-state index contributed by atoms with van der Waals surface area (Å²) in [5.41, 5.74) is 2.00. The normalized spacial score (nSPS) is 13.2. The molecule has 218 valence electrons. The van der Waals surface area contributed by atoms with Crippen molar-refractivity contribution in [3.63, 3.8) is 0 Å². The van der Waals surface area contributed by atoms with Gasteiger partial charge in [-0.15, -0.1) is 0 Å². The van der Waals surface area contributed by atoms with Crippen LogP contribution in [-0.2, 0) is 21.6 Å². The van der Waals surface area contributed by atoms with Gasteiger partial charge in [0.1, 0.15) is 17.2 Å². The first kappa shape index (κ1) is 31.8. The molecule has 3 rings (SSSR count). The molecule has 0 amide bonds. The summed E-state index contributed by atoms with van der Waals surface area (Å²) in [7, 11) is -3.71. The third-order valence-corrected chi connectivity index (χ3v) is 8.65. The largest absolute Gasteiger partial charge is 0.507 e. The zero-order valence-electron chi connectivity index (χ0n) is 26.2. The van der Waals surface area contributed by atoms with Crippen molar-refractivity contribution in [2.45, 2.75) is 99.1 Å². The number of phenolic OH excluding ortho intramolecular Hbond substituents is 1. The number of hydrogen-bond donors (Lipinski definition) is 1. The minimum absolute atomic E-state index is 0.0508. The maximum Gasteiger partial charge on any atom is 0.435 e. The summed E-state index contributed by atoms with van der Waals surface area (Å²) in [6.45, 7) is 22.0. The molecule has 40 heavy (non-hydrogen) atoms. The molecule has 0 saturated carbocycles. The lowest BCUT2D eigenvalue weighted by Gasteiger charge is -2.38. The van der Waals surface area contributed by atoms with E-state index in [4.69, 9.17) is 9.05 Å². The lowest BCUT2D eigenvalue weighted by molar-refractivity contribution is 0.267. The van der Waals surface area contributed by atoms with Crippen LogP contribution in [-0.4, -0.2) is 5.11 Å². The minimum Gasteiger partial charge on any atom is -0.507 e. The van der Waals surface area contributed by atoms with E-state index in [-0.39, 0.29) is 27.8 Å². The molecule has 0 aliphatic carbocycles. The molecule has 0 atom stereocenters. The van der Waals surface area contributed by atoms with E-state index in [9.17, 15) is 9.67 Å². The third kappa shape index (κ3) is 8.90. The average molecular weight is 565 g/mol. The Labute approximate surface area is 242 Å². The fraction of sp³-hybridized carbons (Fsp3) is 0.486. The van der Waals surface area contributed by atoms with E-state index in [1.807, 2.05) is 48.5 Å². The van der Waals surface area contributed by atoms with Gasteiger partial charge in [0.15, 0.2) is 0 Å². The van der Waals surface area contributed by atoms with Gasteiger partial charge in [-0.05, 0) is 64.3 Å². The SMILES string of the molecule is CC(C)(C)CC(C)(C)c1cc(CP(=O)(Oc2ccccc2)Oc2ccccc2)cc(C(C)(C)CC(C)(C)C)c1O. The van der Waals surface area contributed by atoms with E-state index < -0.39 is 7.60 Å². The molecule has 5 heteroatoms. The van der Waals surface area contributed by atoms with Gasteiger partial charge in [-0.1, -0.05) is 118 Å². The Morgan fingerprint density at radius 1 is 0.625 bits per heavy atom. The average Bonchev–Trinajstić information content (AvgIpc) is 2.78. The summed E-state index contributed by atoms with van der Waals surface area (Å²) in [6.07, 6.45) is 1.80. The summed E-state index contributed by atoms with van der Waals surface area (Å²) in [4.78, 5) is 0. The van der Waals surface area contributed by atoms with Gasteiger partial charge >= 0.3 is 7.60 Å². The standard InChI is InChI=1S/C35H49O4P/c1-32(2,3)24-34(7,8)29-21-26(22-30(31(29)36)35(9,10)25-33(4,5)6)23-40(37,38-27-17-13-11-14-18-27)39-28-19-15-12-16-20-28/h11-22,36H,23-25H2,1-10H3. The van der Waals surface area contributed by atoms with Gasteiger partial charge in [0, 0.05) is 11.1 Å². The molecular weight excluding hydrogens is 515 g/mol. The number of hydrogen-bond acceptors (Lipinski definition) is 4. The maximum atomic E-state index is 14.5. The van der Waals surface area contributed by atoms with Gasteiger partial charge in [-0.25, -0.2) is 4.57 Å². The Morgan fingerprint density at radius 3 is 1.30 bits per heavy atom. The molecule has 3 aromatic carbocycles. The van der Waals surface area contributed by atoms with Crippen LogP contribution in [0.4, 0.5) is 0 Å². The highest BCUT2D eigenvalue weighted by Crippen LogP contribution is 2.53. The molecule has 0 saturated heterocycles. The van der Waals surface area contributed by atoms with Crippen molar-refractivity contribution in [3.05, 3.63) is 89.5 Å². The molecule has 0 bridgehead atoms. The van der Waals surface area contributed by atoms with E-state index in [1.54, 1.807) is 24.3 Å². The minimum atomic E-state index is -3.71. The third-order valence-electron chi connectivity index (χ3n) is 6.92. The zero-order chi connectivity index (χ0) is 30.0. The molecular formula is C35H49O4P. The van der Waals surface area contributed by atoms with Crippen LogP contribution in [0, 0.1) is 10.8 Å². The number of aromatic hydroxyl groups is 1. The molecule has 0 fully saturated rings. The van der Waals surface area contributed by atoms with Crippen molar-refractivity contribution in [2.75, 3.05) is 0 Å². The second-order valence-corrected chi connectivity index (χ2v) is 16.8. The van der Waals surface area contributed by atoms with Gasteiger partial charge in [0.2, 0.25) is 0 Å². The number of rotatable bonds is 10. The van der Waals surface area contributed by atoms with Gasteiger partial charge < -0.3 is 14.2 Å². The summed E-state index contributed by atoms with van der Waals surface area (Å²) in [5, 5.41) is 11.8. The Kier molecular flexibility index (Phi) is 9.26. The Balaban J connectivity index is 2.18. The van der Waals surface area contributed by atoms with Crippen LogP contribution in [0.5, 0.6) is 17.2 Å². The summed E-state index contributed by atoms with van der Waals surface area (Å²) >= 11 is 0. The molecule has 0 aromatic heterocycles. The summed E-state index contributed by atoms with van der Waals surface area (Å²) < 4.78 is 26.7. The predicted octanol–water partition coefficient (Wildman–Crippen LogP) is 10.7. The number of benzene rings is 3. The first-order valence-corrected chi connectivity index (χ1v) is 16.0. The van der Waals surface area contributed by atoms with Gasteiger partial charge in [-0.3, -0.25) is 0 Å². The van der Waals surface area contributed by atoms with Crippen molar-refractivity contribution in [1.29, 1.82) is 0 Å². The Morgan fingerprint density at radius 2 is 0.975 bits per heavy atom. The molecule has 0 radical (unpaired) electrons. The molecule has 0 heterocycles. The second-order valence-electron chi connectivity index (χ2n) is 14.9. The molecule has 0 spiro atoms. The number of phenols is 1. The van der Waals surface area contributed by atoms with E-state index in [0.29, 0.717) is 17.2 Å². The van der Waals surface area contributed by atoms with Crippen molar-refractivity contribution in [1.82, 2.24) is 0 Å². The highest BCUT2D eigenvalue weighted by atomic mass is 31.2. The van der Waals surface area contributed by atoms with Crippen LogP contribution in [0.15, 0.2) is 72.8 Å². The molecule has 3 aromatic rings. The van der Waals surface area contributed by atoms with E-state index >= 15 is 0 Å². The van der Waals surface area contributed by atoms with Crippen molar-refractivity contribution >= 4 is 7.60 Å². The smallest absolute Gasteiger partial charge is 0.435 e. The molecule has 4 nitrogen and oxygen atoms in total. The molecule has 1 N–H and O–H groups in total. The fourth-order valence-corrected chi connectivity index (χ4v) is 7.93. The summed E-state index contributed by atoms with van der Waals surface area (Å²) in [6, 6.07) is 22.3. The van der Waals surface area contributed by atoms with Crippen molar-refractivity contribution < 1.29 is 18.7 Å². The first-order chi connectivity index (χ1) is 18.3. The summed E-state index contributed by atoms with van der Waals surface area (Å²) in [5.74, 6) is 1.30. The monoisotopic (exact) mass is 564 g/mol. The predicted molar refractivity (Wildman–Crippen MR) is 168 cm³/mol. The fourth-order valence-electron chi connectivity index (χ4n) is 6.25. The maximum absolute atomic E-state index is 14.5. The van der Waals surface area contributed by atoms with E-state index in [2.05, 4.69) is 69.2 Å². The Bertz CT molecular complexity index is 1220. The second kappa shape index (κ2) is 11.6. The first-order valence-electron chi connectivity index (χ1n) is 14.2. The quantitative estimate of drug-likeness (QED) is 0.249. The van der Waals surface area contributed by atoms with Crippen LogP contribution >= 0.6 is 7.60 Å². The van der Waals surface area contributed by atoms with Crippen LogP contribution in [0.3, 0.4) is 0 Å². The van der Waals surface area contributed by atoms with E-state index in [1.165, 1.54) is 0 Å². The van der Waals surface area contributed by atoms with Gasteiger partial charge in [-0.2, -0.15) is 0 Å².